The molecule has 0 unspecified atom stereocenters. The van der Waals surface area contributed by atoms with Crippen LogP contribution in [0.25, 0.3) is 0 Å². The molecule has 0 spiro atoms. The molecule has 0 aromatic heterocycles. The number of hydrogen-bond acceptors (Lipinski definition) is 0. The SMILES string of the molecule is F.F.F.[BaH2].[LiH].[NaH]. The Morgan fingerprint density at radius 2 is 0.667 bits per heavy atom. The van der Waals surface area contributed by atoms with Crippen LogP contribution in [0.5, 0.6) is 0 Å². The summed E-state index contributed by atoms with van der Waals surface area (Å²) in [6.45, 7) is 0. The van der Waals surface area contributed by atoms with Crippen LogP contribution in [0.1, 0.15) is 0 Å². The standard InChI is InChI=1S/Ba.3FH.Li.Na.4H/h;3*1H;;;;;;. The fraction of sp³-hybridized carbons (Fsp3) is 0. The second-order valence-corrected chi connectivity index (χ2v) is 0. The Kier molecular flexibility index (Phi) is 476. The summed E-state index contributed by atoms with van der Waals surface area (Å²) in [5.41, 5.74) is 0. The van der Waals surface area contributed by atoms with Gasteiger partial charge in [-0.15, -0.1) is 0 Å². The fourth-order valence-corrected chi connectivity index (χ4v) is 0. The molecule has 0 aromatic rings. The van der Waals surface area contributed by atoms with Gasteiger partial charge in [0, 0.05) is 0 Å². The molecule has 0 bridgehead atoms. The van der Waals surface area contributed by atoms with Crippen molar-refractivity contribution in [1.29, 1.82) is 0 Å². The van der Waals surface area contributed by atoms with E-state index >= 15 is 0 Å². The summed E-state index contributed by atoms with van der Waals surface area (Å²) in [6, 6.07) is 0. The van der Waals surface area contributed by atoms with Gasteiger partial charge in [-0.2, -0.15) is 0 Å². The van der Waals surface area contributed by atoms with Gasteiger partial charge in [-0.3, -0.25) is 14.1 Å². The Labute approximate surface area is 109 Å². The molecule has 0 heterocycles. The minimum atomic E-state index is 0. The first-order valence-electron chi connectivity index (χ1n) is 0. The van der Waals surface area contributed by atoms with Gasteiger partial charge in [-0.1, -0.05) is 0 Å². The molecule has 6 heavy (non-hydrogen) atoms. The van der Waals surface area contributed by atoms with E-state index in [0.717, 1.165) is 0 Å². The van der Waals surface area contributed by atoms with Crippen LogP contribution in [-0.4, -0.2) is 97.3 Å². The molecule has 0 fully saturated rings. The van der Waals surface area contributed by atoms with Gasteiger partial charge in [-0.05, 0) is 0 Å². The maximum atomic E-state index is 0. The molecular weight excluding hydrogens is 224 g/mol. The van der Waals surface area contributed by atoms with E-state index in [1.54, 1.807) is 0 Å². The molecule has 32 valence electrons. The second kappa shape index (κ2) is 44.0. The minimum absolute atomic E-state index is 0. The van der Waals surface area contributed by atoms with Crippen LogP contribution in [0.3, 0.4) is 0 Å². The Hall–Kier alpha value is 2.96. The van der Waals surface area contributed by atoms with E-state index < -0.39 is 0 Å². The number of rotatable bonds is 0. The van der Waals surface area contributed by atoms with Crippen molar-refractivity contribution in [3.05, 3.63) is 0 Å². The third-order valence-electron chi connectivity index (χ3n) is 0. The molecular formula is H7BaF3LiNa. The third-order valence-corrected chi connectivity index (χ3v) is 0. The van der Waals surface area contributed by atoms with Gasteiger partial charge in [0.1, 0.15) is 0 Å². The molecule has 0 amide bonds. The zero-order chi connectivity index (χ0) is 0. The Bertz CT molecular complexity index is 10.8. The zero-order valence-electron chi connectivity index (χ0n) is 1.22. The van der Waals surface area contributed by atoms with Crippen molar-refractivity contribution in [2.24, 2.45) is 0 Å². The summed E-state index contributed by atoms with van der Waals surface area (Å²) in [4.78, 5) is 0. The van der Waals surface area contributed by atoms with Gasteiger partial charge < -0.3 is 0 Å². The van der Waals surface area contributed by atoms with E-state index in [1.807, 2.05) is 0 Å². The summed E-state index contributed by atoms with van der Waals surface area (Å²) in [5, 5.41) is 0. The number of halogens is 3. The molecule has 0 aliphatic carbocycles. The predicted molar refractivity (Wildman–Crippen MR) is 30.4 cm³/mol. The van der Waals surface area contributed by atoms with E-state index in [-0.39, 0.29) is 111 Å². The molecule has 0 saturated carbocycles. The summed E-state index contributed by atoms with van der Waals surface area (Å²) < 4.78 is 0. The monoisotopic (exact) mass is 232 g/mol. The molecule has 0 N–H and O–H groups in total. The molecule has 0 atom stereocenters. The van der Waals surface area contributed by atoms with Crippen molar-refractivity contribution in [1.82, 2.24) is 0 Å². The quantitative estimate of drug-likeness (QED) is 0.434. The average molecular weight is 231 g/mol. The summed E-state index contributed by atoms with van der Waals surface area (Å²) in [5.74, 6) is 0. The van der Waals surface area contributed by atoms with Crippen LogP contribution >= 0.6 is 0 Å². The van der Waals surface area contributed by atoms with Gasteiger partial charge in [0.05, 0.1) is 0 Å². The Morgan fingerprint density at radius 3 is 0.667 bits per heavy atom. The van der Waals surface area contributed by atoms with Crippen molar-refractivity contribution in [2.75, 3.05) is 0 Å². The second-order valence-electron chi connectivity index (χ2n) is 0. The van der Waals surface area contributed by atoms with Crippen molar-refractivity contribution >= 4 is 97.3 Å². The molecule has 6 heteroatoms. The average Bonchev–Trinajstić information content (AvgIpc) is 0. The van der Waals surface area contributed by atoms with Crippen LogP contribution in [0, 0.1) is 0 Å². The van der Waals surface area contributed by atoms with Crippen LogP contribution in [0.15, 0.2) is 0 Å². The van der Waals surface area contributed by atoms with Crippen molar-refractivity contribution in [3.8, 4) is 0 Å². The van der Waals surface area contributed by atoms with Crippen LogP contribution < -0.4 is 0 Å². The molecule has 0 aliphatic rings. The van der Waals surface area contributed by atoms with Crippen molar-refractivity contribution in [2.45, 2.75) is 0 Å². The molecule has 0 aromatic carbocycles. The third kappa shape index (κ3) is 28.2. The van der Waals surface area contributed by atoms with E-state index in [4.69, 9.17) is 0 Å². The maximum absolute atomic E-state index is 0. The first kappa shape index (κ1) is 64.8. The van der Waals surface area contributed by atoms with E-state index in [0.29, 0.717) is 0 Å². The summed E-state index contributed by atoms with van der Waals surface area (Å²) >= 11 is 0. The van der Waals surface area contributed by atoms with Gasteiger partial charge in [0.25, 0.3) is 0 Å². The normalized spacial score (nSPS) is 0. The predicted octanol–water partition coefficient (Wildman–Crippen LogP) is -1.76. The van der Waals surface area contributed by atoms with E-state index in [2.05, 4.69) is 0 Å². The van der Waals surface area contributed by atoms with E-state index in [9.17, 15) is 0 Å². The molecule has 0 radical (unpaired) electrons. The number of hydrogen-bond donors (Lipinski definition) is 0. The fourth-order valence-electron chi connectivity index (χ4n) is 0. The van der Waals surface area contributed by atoms with Gasteiger partial charge in [-0.25, -0.2) is 0 Å². The van der Waals surface area contributed by atoms with Crippen molar-refractivity contribution < 1.29 is 14.1 Å². The molecule has 0 saturated heterocycles. The Morgan fingerprint density at radius 1 is 0.667 bits per heavy atom. The first-order valence-corrected chi connectivity index (χ1v) is 0. The summed E-state index contributed by atoms with van der Waals surface area (Å²) in [7, 11) is 0. The summed E-state index contributed by atoms with van der Waals surface area (Å²) in [6.07, 6.45) is 0. The van der Waals surface area contributed by atoms with Crippen LogP contribution in [0.4, 0.5) is 14.1 Å². The molecule has 0 rings (SSSR count). The van der Waals surface area contributed by atoms with Crippen LogP contribution in [0.2, 0.25) is 0 Å². The Balaban J connectivity index is 0. The van der Waals surface area contributed by atoms with Gasteiger partial charge >= 0.3 is 97.3 Å². The molecule has 0 nitrogen and oxygen atoms in total. The van der Waals surface area contributed by atoms with Gasteiger partial charge in [0.15, 0.2) is 0 Å². The van der Waals surface area contributed by atoms with Gasteiger partial charge in [0.2, 0.25) is 0 Å². The van der Waals surface area contributed by atoms with Crippen LogP contribution in [-0.2, 0) is 0 Å². The topological polar surface area (TPSA) is 0 Å². The van der Waals surface area contributed by atoms with Crippen molar-refractivity contribution in [3.63, 3.8) is 0 Å². The van der Waals surface area contributed by atoms with E-state index in [1.165, 1.54) is 0 Å². The first-order chi connectivity index (χ1) is 0. The molecule has 0 aliphatic heterocycles. The zero-order valence-corrected chi connectivity index (χ0v) is 1.22.